The Morgan fingerprint density at radius 2 is 2.31 bits per heavy atom. The van der Waals surface area contributed by atoms with Gasteiger partial charge < -0.3 is 15.8 Å². The van der Waals surface area contributed by atoms with E-state index < -0.39 is 0 Å². The number of amides is 1. The van der Waals surface area contributed by atoms with E-state index in [-0.39, 0.29) is 5.91 Å². The minimum Gasteiger partial charge on any atom is -0.491 e. The van der Waals surface area contributed by atoms with Crippen LogP contribution in [0.15, 0.2) is 18.2 Å². The molecule has 88 valence electrons. The van der Waals surface area contributed by atoms with E-state index >= 15 is 0 Å². The molecule has 1 aromatic rings. The van der Waals surface area contributed by atoms with Crippen molar-refractivity contribution in [1.82, 2.24) is 5.32 Å². The third kappa shape index (κ3) is 3.98. The normalized spacial score (nSPS) is 9.88. The Hall–Kier alpha value is -1.42. The van der Waals surface area contributed by atoms with Crippen molar-refractivity contribution in [3.63, 3.8) is 0 Å². The molecule has 0 fully saturated rings. The summed E-state index contributed by atoms with van der Waals surface area (Å²) in [6.45, 7) is 2.80. The van der Waals surface area contributed by atoms with Crippen LogP contribution in [0, 0.1) is 0 Å². The highest BCUT2D eigenvalue weighted by Crippen LogP contribution is 2.26. The molecule has 0 aliphatic heterocycles. The number of carbonyl (C=O) groups excluding carboxylic acids is 1. The lowest BCUT2D eigenvalue weighted by Crippen LogP contribution is -2.24. The fourth-order valence-corrected chi connectivity index (χ4v) is 1.42. The zero-order valence-electron chi connectivity index (χ0n) is 9.13. The summed E-state index contributed by atoms with van der Waals surface area (Å²) in [5.74, 6) is 0.509. The van der Waals surface area contributed by atoms with Gasteiger partial charge in [0.15, 0.2) is 0 Å². The van der Waals surface area contributed by atoms with Crippen molar-refractivity contribution in [2.75, 3.05) is 18.9 Å². The Labute approximate surface area is 99.7 Å². The van der Waals surface area contributed by atoms with Gasteiger partial charge in [-0.15, -0.1) is 0 Å². The second-order valence-corrected chi connectivity index (χ2v) is 3.65. The van der Waals surface area contributed by atoms with Crippen molar-refractivity contribution in [2.24, 2.45) is 0 Å². The van der Waals surface area contributed by atoms with Crippen LogP contribution in [0.1, 0.15) is 13.3 Å². The van der Waals surface area contributed by atoms with Crippen molar-refractivity contribution in [3.8, 4) is 5.75 Å². The van der Waals surface area contributed by atoms with Gasteiger partial charge in [-0.05, 0) is 25.1 Å². The molecule has 0 aliphatic rings. The highest BCUT2D eigenvalue weighted by Gasteiger charge is 2.03. The number of nitrogens with one attached hydrogen (secondary N) is 1. The molecule has 0 heterocycles. The first-order chi connectivity index (χ1) is 7.63. The SMILES string of the molecule is CCNC(=O)CCOc1ccc(N)cc1Cl. The van der Waals surface area contributed by atoms with E-state index in [9.17, 15) is 4.79 Å². The monoisotopic (exact) mass is 242 g/mol. The number of hydrogen-bond donors (Lipinski definition) is 2. The van der Waals surface area contributed by atoms with Crippen molar-refractivity contribution in [1.29, 1.82) is 0 Å². The maximum absolute atomic E-state index is 11.1. The maximum Gasteiger partial charge on any atom is 0.223 e. The van der Waals surface area contributed by atoms with E-state index in [0.717, 1.165) is 0 Å². The van der Waals surface area contributed by atoms with Crippen LogP contribution in [0.25, 0.3) is 0 Å². The van der Waals surface area contributed by atoms with Crippen LogP contribution < -0.4 is 15.8 Å². The molecule has 16 heavy (non-hydrogen) atoms. The number of benzene rings is 1. The maximum atomic E-state index is 11.1. The zero-order valence-corrected chi connectivity index (χ0v) is 9.88. The first-order valence-corrected chi connectivity index (χ1v) is 5.45. The molecule has 0 spiro atoms. The van der Waals surface area contributed by atoms with Crippen LogP contribution in [0.4, 0.5) is 5.69 Å². The smallest absolute Gasteiger partial charge is 0.223 e. The highest BCUT2D eigenvalue weighted by molar-refractivity contribution is 6.32. The number of halogens is 1. The van der Waals surface area contributed by atoms with Gasteiger partial charge in [-0.1, -0.05) is 11.6 Å². The molecule has 1 rings (SSSR count). The summed E-state index contributed by atoms with van der Waals surface area (Å²) in [7, 11) is 0. The number of nitrogens with two attached hydrogens (primary N) is 1. The summed E-state index contributed by atoms with van der Waals surface area (Å²) in [6, 6.07) is 5.01. The first-order valence-electron chi connectivity index (χ1n) is 5.08. The van der Waals surface area contributed by atoms with Gasteiger partial charge in [0.1, 0.15) is 5.75 Å². The predicted octanol–water partition coefficient (Wildman–Crippen LogP) is 1.83. The van der Waals surface area contributed by atoms with E-state index in [1.165, 1.54) is 0 Å². The van der Waals surface area contributed by atoms with E-state index in [4.69, 9.17) is 22.1 Å². The third-order valence-electron chi connectivity index (χ3n) is 1.92. The Morgan fingerprint density at radius 1 is 1.56 bits per heavy atom. The molecule has 0 aliphatic carbocycles. The molecule has 5 heteroatoms. The summed E-state index contributed by atoms with van der Waals surface area (Å²) >= 11 is 5.90. The summed E-state index contributed by atoms with van der Waals surface area (Å²) in [6.07, 6.45) is 0.314. The largest absolute Gasteiger partial charge is 0.491 e. The Bertz CT molecular complexity index is 369. The number of ether oxygens (including phenoxy) is 1. The molecular formula is C11H15ClN2O2. The molecule has 0 unspecified atom stereocenters. The second kappa shape index (κ2) is 6.23. The quantitative estimate of drug-likeness (QED) is 0.775. The van der Waals surface area contributed by atoms with Crippen LogP contribution >= 0.6 is 11.6 Å². The van der Waals surface area contributed by atoms with E-state index in [1.807, 2.05) is 6.92 Å². The molecule has 0 saturated heterocycles. The summed E-state index contributed by atoms with van der Waals surface area (Å²) in [4.78, 5) is 11.1. The second-order valence-electron chi connectivity index (χ2n) is 3.24. The minimum atomic E-state index is -0.0333. The molecule has 3 N–H and O–H groups in total. The van der Waals surface area contributed by atoms with Crippen molar-refractivity contribution >= 4 is 23.2 Å². The van der Waals surface area contributed by atoms with Crippen LogP contribution in [0.5, 0.6) is 5.75 Å². The summed E-state index contributed by atoms with van der Waals surface area (Å²) in [5, 5.41) is 3.14. The summed E-state index contributed by atoms with van der Waals surface area (Å²) in [5.41, 5.74) is 6.12. The van der Waals surface area contributed by atoms with Gasteiger partial charge in [-0.25, -0.2) is 0 Å². The topological polar surface area (TPSA) is 64.3 Å². The Balaban J connectivity index is 2.40. The number of rotatable bonds is 5. The average Bonchev–Trinajstić information content (AvgIpc) is 2.22. The predicted molar refractivity (Wildman–Crippen MR) is 64.7 cm³/mol. The van der Waals surface area contributed by atoms with Gasteiger partial charge in [-0.3, -0.25) is 4.79 Å². The molecular weight excluding hydrogens is 228 g/mol. The number of carbonyl (C=O) groups is 1. The number of nitrogen functional groups attached to an aromatic ring is 1. The lowest BCUT2D eigenvalue weighted by Gasteiger charge is -2.08. The lowest BCUT2D eigenvalue weighted by molar-refractivity contribution is -0.121. The fourth-order valence-electron chi connectivity index (χ4n) is 1.17. The van der Waals surface area contributed by atoms with Gasteiger partial charge in [-0.2, -0.15) is 0 Å². The molecule has 0 bridgehead atoms. The van der Waals surface area contributed by atoms with Gasteiger partial charge in [0, 0.05) is 12.2 Å². The molecule has 0 saturated carbocycles. The van der Waals surface area contributed by atoms with Crippen molar-refractivity contribution in [3.05, 3.63) is 23.2 Å². The molecule has 1 amide bonds. The van der Waals surface area contributed by atoms with E-state index in [2.05, 4.69) is 5.32 Å². The average molecular weight is 243 g/mol. The molecule has 0 radical (unpaired) electrons. The Kier molecular flexibility index (Phi) is 4.92. The number of hydrogen-bond acceptors (Lipinski definition) is 3. The van der Waals surface area contributed by atoms with E-state index in [1.54, 1.807) is 18.2 Å². The fraction of sp³-hybridized carbons (Fsp3) is 0.364. The van der Waals surface area contributed by atoms with Gasteiger partial charge in [0.25, 0.3) is 0 Å². The van der Waals surface area contributed by atoms with Crippen LogP contribution in [0.3, 0.4) is 0 Å². The van der Waals surface area contributed by atoms with Crippen LogP contribution in [0.2, 0.25) is 5.02 Å². The standard InChI is InChI=1S/C11H15ClN2O2/c1-2-14-11(15)5-6-16-10-4-3-8(13)7-9(10)12/h3-4,7H,2,5-6,13H2,1H3,(H,14,15). The number of anilines is 1. The Morgan fingerprint density at radius 3 is 2.94 bits per heavy atom. The van der Waals surface area contributed by atoms with Crippen molar-refractivity contribution < 1.29 is 9.53 Å². The minimum absolute atomic E-state index is 0.0333. The molecule has 4 nitrogen and oxygen atoms in total. The molecule has 0 aromatic heterocycles. The van der Waals surface area contributed by atoms with Gasteiger partial charge >= 0.3 is 0 Å². The zero-order chi connectivity index (χ0) is 12.0. The van der Waals surface area contributed by atoms with Gasteiger partial charge in [0.05, 0.1) is 18.1 Å². The molecule has 1 aromatic carbocycles. The third-order valence-corrected chi connectivity index (χ3v) is 2.21. The highest BCUT2D eigenvalue weighted by atomic mass is 35.5. The summed E-state index contributed by atoms with van der Waals surface area (Å²) < 4.78 is 5.36. The van der Waals surface area contributed by atoms with Crippen molar-refractivity contribution in [2.45, 2.75) is 13.3 Å². The molecule has 0 atom stereocenters. The van der Waals surface area contributed by atoms with Crippen LogP contribution in [-0.2, 0) is 4.79 Å². The first kappa shape index (κ1) is 12.6. The lowest BCUT2D eigenvalue weighted by atomic mass is 10.3. The van der Waals surface area contributed by atoms with E-state index in [0.29, 0.717) is 36.0 Å². The van der Waals surface area contributed by atoms with Crippen LogP contribution in [-0.4, -0.2) is 19.1 Å². The van der Waals surface area contributed by atoms with Gasteiger partial charge in [0.2, 0.25) is 5.91 Å².